The Labute approximate surface area is 242 Å². The summed E-state index contributed by atoms with van der Waals surface area (Å²) in [4.78, 5) is 24.0. The minimum atomic E-state index is -3.70. The molecule has 13 heteroatoms. The number of carbonyl (C=O) groups is 1. The molecule has 0 unspecified atom stereocenters. The molecule has 11 nitrogen and oxygen atoms in total. The molecule has 1 amide bonds. The number of nitrogens with zero attached hydrogens (tertiary/aromatic N) is 5. The number of amides is 1. The van der Waals surface area contributed by atoms with Gasteiger partial charge in [0.15, 0.2) is 11.0 Å². The van der Waals surface area contributed by atoms with Crippen LogP contribution in [0.25, 0.3) is 17.1 Å². The summed E-state index contributed by atoms with van der Waals surface area (Å²) in [6.45, 7) is 7.85. The number of benzene rings is 3. The molecule has 4 aromatic rings. The van der Waals surface area contributed by atoms with Crippen molar-refractivity contribution in [3.05, 3.63) is 88.0 Å². The number of hydrogen-bond acceptors (Lipinski definition) is 8. The Hall–Kier alpha value is -4.07. The summed E-state index contributed by atoms with van der Waals surface area (Å²) in [6, 6.07) is 18.8. The van der Waals surface area contributed by atoms with Crippen LogP contribution in [-0.2, 0) is 14.8 Å². The Morgan fingerprint density at radius 1 is 1.00 bits per heavy atom. The Balaban J connectivity index is 1.66. The predicted molar refractivity (Wildman–Crippen MR) is 159 cm³/mol. The Morgan fingerprint density at radius 3 is 2.34 bits per heavy atom. The highest BCUT2D eigenvalue weighted by atomic mass is 32.2. The molecular formula is C28H30N6O5S2. The van der Waals surface area contributed by atoms with E-state index < -0.39 is 20.9 Å². The summed E-state index contributed by atoms with van der Waals surface area (Å²) < 4.78 is 29.5. The molecule has 0 saturated heterocycles. The number of thioether (sulfide) groups is 1. The van der Waals surface area contributed by atoms with Crippen LogP contribution in [-0.4, -0.2) is 57.2 Å². The van der Waals surface area contributed by atoms with Gasteiger partial charge in [0.2, 0.25) is 15.9 Å². The van der Waals surface area contributed by atoms with Crippen molar-refractivity contribution in [1.29, 1.82) is 0 Å². The van der Waals surface area contributed by atoms with E-state index in [0.717, 1.165) is 28.6 Å². The SMILES string of the molecule is CCN(CC)S(=O)(=O)c1cccc(-c2nnc(SCC(=O)Nc3cc(C)c(C)cc3[N+](=O)[O-])n2-c2ccccc2)c1. The first-order chi connectivity index (χ1) is 19.6. The zero-order chi connectivity index (χ0) is 29.7. The Morgan fingerprint density at radius 2 is 1.68 bits per heavy atom. The second kappa shape index (κ2) is 12.6. The number of nitro groups is 1. The Bertz CT molecular complexity index is 1690. The predicted octanol–water partition coefficient (Wildman–Crippen LogP) is 5.22. The minimum Gasteiger partial charge on any atom is -0.320 e. The van der Waals surface area contributed by atoms with E-state index in [4.69, 9.17) is 0 Å². The van der Waals surface area contributed by atoms with Crippen LogP contribution in [0.4, 0.5) is 11.4 Å². The maximum absolute atomic E-state index is 13.2. The van der Waals surface area contributed by atoms with E-state index in [0.29, 0.717) is 29.6 Å². The van der Waals surface area contributed by atoms with Crippen LogP contribution >= 0.6 is 11.8 Å². The summed E-state index contributed by atoms with van der Waals surface area (Å²) in [5.74, 6) is -0.135. The van der Waals surface area contributed by atoms with E-state index in [2.05, 4.69) is 15.5 Å². The smallest absolute Gasteiger partial charge is 0.293 e. The van der Waals surface area contributed by atoms with Crippen molar-refractivity contribution in [3.8, 4) is 17.1 Å². The van der Waals surface area contributed by atoms with Gasteiger partial charge in [0.1, 0.15) is 5.69 Å². The second-order valence-corrected chi connectivity index (χ2v) is 12.0. The third-order valence-electron chi connectivity index (χ3n) is 6.50. The van der Waals surface area contributed by atoms with Crippen LogP contribution in [0.3, 0.4) is 0 Å². The third-order valence-corrected chi connectivity index (χ3v) is 9.47. The van der Waals surface area contributed by atoms with E-state index in [1.54, 1.807) is 55.7 Å². The first-order valence-electron chi connectivity index (χ1n) is 12.9. The number of nitro benzene ring substituents is 1. The highest BCUT2D eigenvalue weighted by Gasteiger charge is 2.24. The number of aryl methyl sites for hydroxylation is 2. The number of nitrogens with one attached hydrogen (secondary N) is 1. The molecule has 0 atom stereocenters. The number of hydrogen-bond donors (Lipinski definition) is 1. The van der Waals surface area contributed by atoms with E-state index in [9.17, 15) is 23.3 Å². The molecule has 0 bridgehead atoms. The molecule has 3 aromatic carbocycles. The number of carbonyl (C=O) groups excluding carboxylic acids is 1. The minimum absolute atomic E-state index is 0.0918. The fourth-order valence-electron chi connectivity index (χ4n) is 4.24. The van der Waals surface area contributed by atoms with Gasteiger partial charge >= 0.3 is 0 Å². The van der Waals surface area contributed by atoms with E-state index in [-0.39, 0.29) is 22.0 Å². The van der Waals surface area contributed by atoms with Crippen molar-refractivity contribution in [3.63, 3.8) is 0 Å². The molecule has 1 aromatic heterocycles. The zero-order valence-electron chi connectivity index (χ0n) is 23.1. The van der Waals surface area contributed by atoms with Gasteiger partial charge in [-0.2, -0.15) is 4.31 Å². The van der Waals surface area contributed by atoms with Gasteiger partial charge < -0.3 is 5.32 Å². The molecule has 214 valence electrons. The summed E-state index contributed by atoms with van der Waals surface area (Å²) in [6.07, 6.45) is 0. The number of anilines is 1. The molecular weight excluding hydrogens is 564 g/mol. The van der Waals surface area contributed by atoms with Crippen molar-refractivity contribution in [2.24, 2.45) is 0 Å². The number of aromatic nitrogens is 3. The number of rotatable bonds is 11. The lowest BCUT2D eigenvalue weighted by Crippen LogP contribution is -2.30. The summed E-state index contributed by atoms with van der Waals surface area (Å²) >= 11 is 1.11. The lowest BCUT2D eigenvalue weighted by Gasteiger charge is -2.19. The third kappa shape index (κ3) is 6.47. The molecule has 1 heterocycles. The van der Waals surface area contributed by atoms with E-state index in [1.165, 1.54) is 10.4 Å². The first kappa shape index (κ1) is 29.9. The van der Waals surface area contributed by atoms with Crippen LogP contribution in [0, 0.1) is 24.0 Å². The highest BCUT2D eigenvalue weighted by molar-refractivity contribution is 7.99. The van der Waals surface area contributed by atoms with Crippen molar-refractivity contribution in [2.45, 2.75) is 37.7 Å². The maximum atomic E-state index is 13.2. The van der Waals surface area contributed by atoms with E-state index >= 15 is 0 Å². The zero-order valence-corrected chi connectivity index (χ0v) is 24.7. The van der Waals surface area contributed by atoms with Gasteiger partial charge in [-0.3, -0.25) is 19.5 Å². The average Bonchev–Trinajstić information content (AvgIpc) is 3.38. The van der Waals surface area contributed by atoms with Crippen LogP contribution in [0.2, 0.25) is 0 Å². The largest absolute Gasteiger partial charge is 0.320 e. The molecule has 0 radical (unpaired) electrons. The van der Waals surface area contributed by atoms with Crippen LogP contribution in [0.1, 0.15) is 25.0 Å². The lowest BCUT2D eigenvalue weighted by atomic mass is 10.1. The van der Waals surface area contributed by atoms with Crippen LogP contribution in [0.5, 0.6) is 0 Å². The topological polar surface area (TPSA) is 140 Å². The number of para-hydroxylation sites is 1. The van der Waals surface area contributed by atoms with Gasteiger partial charge in [-0.05, 0) is 55.3 Å². The second-order valence-electron chi connectivity index (χ2n) is 9.14. The summed E-state index contributed by atoms with van der Waals surface area (Å²) in [5.41, 5.74) is 2.77. The molecule has 0 fully saturated rings. The fourth-order valence-corrected chi connectivity index (χ4v) is 6.49. The molecule has 0 aliphatic heterocycles. The van der Waals surface area contributed by atoms with Crippen molar-refractivity contribution in [2.75, 3.05) is 24.2 Å². The molecule has 0 spiro atoms. The van der Waals surface area contributed by atoms with Gasteiger partial charge in [-0.15, -0.1) is 10.2 Å². The monoisotopic (exact) mass is 594 g/mol. The first-order valence-corrected chi connectivity index (χ1v) is 15.3. The molecule has 41 heavy (non-hydrogen) atoms. The standard InChI is InChI=1S/C28H30N6O5S2/c1-5-32(6-2)41(38,39)23-14-10-11-21(17-23)27-30-31-28(33(27)22-12-8-7-9-13-22)40-18-26(35)29-24-15-19(3)20(4)16-25(24)34(36)37/h7-17H,5-6,18H2,1-4H3,(H,29,35). The normalized spacial score (nSPS) is 11.5. The highest BCUT2D eigenvalue weighted by Crippen LogP contribution is 2.31. The molecule has 0 aliphatic carbocycles. The van der Waals surface area contributed by atoms with Gasteiger partial charge in [0, 0.05) is 30.4 Å². The lowest BCUT2D eigenvalue weighted by molar-refractivity contribution is -0.384. The molecule has 0 aliphatic rings. The quantitative estimate of drug-likeness (QED) is 0.142. The van der Waals surface area contributed by atoms with Crippen LogP contribution < -0.4 is 5.32 Å². The molecule has 1 N–H and O–H groups in total. The number of sulfonamides is 1. The maximum Gasteiger partial charge on any atom is 0.293 e. The van der Waals surface area contributed by atoms with Gasteiger partial charge in [-0.1, -0.05) is 55.9 Å². The molecule has 0 saturated carbocycles. The van der Waals surface area contributed by atoms with Crippen LogP contribution in [0.15, 0.2) is 76.8 Å². The van der Waals surface area contributed by atoms with Crippen molar-refractivity contribution in [1.82, 2.24) is 19.1 Å². The Kier molecular flexibility index (Phi) is 9.21. The average molecular weight is 595 g/mol. The van der Waals surface area contributed by atoms with E-state index in [1.807, 2.05) is 37.3 Å². The fraction of sp³-hybridized carbons (Fsp3) is 0.250. The van der Waals surface area contributed by atoms with Gasteiger partial charge in [0.25, 0.3) is 5.69 Å². The molecule has 4 rings (SSSR count). The van der Waals surface area contributed by atoms with Crippen molar-refractivity contribution < 1.29 is 18.1 Å². The summed E-state index contributed by atoms with van der Waals surface area (Å²) in [7, 11) is -3.70. The van der Waals surface area contributed by atoms with Crippen molar-refractivity contribution >= 4 is 39.1 Å². The van der Waals surface area contributed by atoms with Gasteiger partial charge in [-0.25, -0.2) is 8.42 Å². The summed E-state index contributed by atoms with van der Waals surface area (Å²) in [5, 5.41) is 23.2. The van der Waals surface area contributed by atoms with Gasteiger partial charge in [0.05, 0.1) is 15.6 Å².